The van der Waals surface area contributed by atoms with Crippen molar-refractivity contribution < 1.29 is 23.8 Å². The van der Waals surface area contributed by atoms with Crippen molar-refractivity contribution in [1.29, 1.82) is 0 Å². The maximum Gasteiger partial charge on any atom is 0.340 e. The second-order valence-corrected chi connectivity index (χ2v) is 9.57. The molecule has 0 heterocycles. The molecule has 4 nitrogen and oxygen atoms in total. The number of aliphatic carboxylic acids is 1. The van der Waals surface area contributed by atoms with E-state index >= 15 is 0 Å². The van der Waals surface area contributed by atoms with Crippen LogP contribution < -0.4 is 5.32 Å². The molecule has 0 saturated heterocycles. The van der Waals surface area contributed by atoms with Gasteiger partial charge < -0.3 is 15.5 Å². The zero-order valence-corrected chi connectivity index (χ0v) is 18.4. The Morgan fingerprint density at radius 3 is 1.84 bits per heavy atom. The Labute approximate surface area is 184 Å². The average Bonchev–Trinajstić information content (AvgIpc) is 3.15. The lowest BCUT2D eigenvalue weighted by molar-refractivity contribution is -0.167. The predicted octanol–water partition coefficient (Wildman–Crippen LogP) is 5.64. The van der Waals surface area contributed by atoms with Gasteiger partial charge >= 0.3 is 5.97 Å². The van der Waals surface area contributed by atoms with Crippen molar-refractivity contribution in [3.63, 3.8) is 0 Å². The third kappa shape index (κ3) is 6.48. The highest BCUT2D eigenvalue weighted by Crippen LogP contribution is 2.47. The molecule has 3 aliphatic rings. The van der Waals surface area contributed by atoms with Crippen LogP contribution in [0.3, 0.4) is 0 Å². The minimum Gasteiger partial charge on any atom is -0.479 e. The van der Waals surface area contributed by atoms with E-state index in [-0.39, 0.29) is 18.4 Å². The summed E-state index contributed by atoms with van der Waals surface area (Å²) in [6.07, 6.45) is 13.6. The van der Waals surface area contributed by atoms with Crippen LogP contribution in [0.1, 0.15) is 89.0 Å². The van der Waals surface area contributed by atoms with Gasteiger partial charge in [0.15, 0.2) is 5.60 Å². The van der Waals surface area contributed by atoms with Gasteiger partial charge in [0.25, 0.3) is 0 Å². The lowest BCUT2D eigenvalue weighted by atomic mass is 9.80. The quantitative estimate of drug-likeness (QED) is 0.558. The molecule has 0 aliphatic heterocycles. The molecule has 0 aromatic heterocycles. The Balaban J connectivity index is 0.000000185. The summed E-state index contributed by atoms with van der Waals surface area (Å²) >= 11 is 0. The fraction of sp³-hybridized carbons (Fsp3) is 0.720. The highest BCUT2D eigenvalue weighted by atomic mass is 19.3. The van der Waals surface area contributed by atoms with E-state index in [1.807, 2.05) is 0 Å². The van der Waals surface area contributed by atoms with E-state index in [0.29, 0.717) is 0 Å². The summed E-state index contributed by atoms with van der Waals surface area (Å²) < 4.78 is 26.4. The maximum atomic E-state index is 13.2. The van der Waals surface area contributed by atoms with Gasteiger partial charge in [0, 0.05) is 30.8 Å². The number of nitrogens with one attached hydrogen (secondary N) is 1. The van der Waals surface area contributed by atoms with Crippen molar-refractivity contribution in [3.05, 3.63) is 35.9 Å². The number of hydrogen-bond donors (Lipinski definition) is 3. The molecule has 3 aliphatic carbocycles. The van der Waals surface area contributed by atoms with E-state index in [0.717, 1.165) is 12.1 Å². The monoisotopic (exact) mass is 437 g/mol. The lowest BCUT2D eigenvalue weighted by Gasteiger charge is -2.30. The second kappa shape index (κ2) is 10.9. The molecule has 3 saturated carbocycles. The highest BCUT2D eigenvalue weighted by molar-refractivity contribution is 5.79. The van der Waals surface area contributed by atoms with Crippen LogP contribution in [0, 0.1) is 5.92 Å². The lowest BCUT2D eigenvalue weighted by Crippen LogP contribution is -2.42. The first kappa shape index (κ1) is 24.1. The summed E-state index contributed by atoms with van der Waals surface area (Å²) in [6, 6.07) is 9.48. The van der Waals surface area contributed by atoms with E-state index < -0.39 is 29.8 Å². The molecule has 31 heavy (non-hydrogen) atoms. The smallest absolute Gasteiger partial charge is 0.340 e. The number of alkyl halides is 2. The van der Waals surface area contributed by atoms with Crippen molar-refractivity contribution in [1.82, 2.24) is 5.32 Å². The van der Waals surface area contributed by atoms with Gasteiger partial charge in [-0.2, -0.15) is 0 Å². The molecule has 3 fully saturated rings. The Morgan fingerprint density at radius 2 is 1.42 bits per heavy atom. The molecule has 6 heteroatoms. The van der Waals surface area contributed by atoms with Crippen LogP contribution in [0.2, 0.25) is 0 Å². The number of benzene rings is 1. The molecule has 0 amide bonds. The number of carboxylic acid groups (broad SMARTS) is 1. The number of hydrogen-bond acceptors (Lipinski definition) is 3. The maximum absolute atomic E-state index is 13.2. The van der Waals surface area contributed by atoms with Gasteiger partial charge in [0.05, 0.1) is 0 Å². The Bertz CT molecular complexity index is 671. The number of aliphatic hydroxyl groups is 1. The van der Waals surface area contributed by atoms with Crippen LogP contribution >= 0.6 is 0 Å². The number of halogens is 2. The van der Waals surface area contributed by atoms with Gasteiger partial charge in [0.2, 0.25) is 5.92 Å². The fourth-order valence-corrected chi connectivity index (χ4v) is 5.40. The zero-order valence-electron chi connectivity index (χ0n) is 18.4. The van der Waals surface area contributed by atoms with Gasteiger partial charge in [-0.05, 0) is 37.7 Å². The SMILES string of the molecule is C1CCC(NC2CCCCC2)CC1.O=C(O)C(O)(c1ccccc1)C1CCC(F)(F)C1. The molecule has 0 bridgehead atoms. The molecular formula is C25H37F2NO3. The van der Waals surface area contributed by atoms with E-state index in [2.05, 4.69) is 5.32 Å². The summed E-state index contributed by atoms with van der Waals surface area (Å²) in [6.45, 7) is 0. The van der Waals surface area contributed by atoms with Gasteiger partial charge in [-0.25, -0.2) is 13.6 Å². The Morgan fingerprint density at radius 1 is 0.903 bits per heavy atom. The van der Waals surface area contributed by atoms with Crippen LogP contribution in [0.25, 0.3) is 0 Å². The first-order valence-electron chi connectivity index (χ1n) is 12.0. The molecule has 0 radical (unpaired) electrons. The molecular weight excluding hydrogens is 400 g/mol. The first-order chi connectivity index (χ1) is 14.8. The van der Waals surface area contributed by atoms with Crippen LogP contribution in [-0.2, 0) is 10.4 Å². The normalized spacial score (nSPS) is 26.5. The molecule has 2 unspecified atom stereocenters. The number of carbonyl (C=O) groups is 1. The van der Waals surface area contributed by atoms with Crippen molar-refractivity contribution in [3.8, 4) is 0 Å². The minimum atomic E-state index is -2.89. The summed E-state index contributed by atoms with van der Waals surface area (Å²) in [7, 11) is 0. The van der Waals surface area contributed by atoms with Crippen molar-refractivity contribution >= 4 is 5.97 Å². The highest BCUT2D eigenvalue weighted by Gasteiger charge is 2.53. The molecule has 0 spiro atoms. The number of rotatable bonds is 5. The van der Waals surface area contributed by atoms with Crippen LogP contribution in [0.5, 0.6) is 0 Å². The third-order valence-corrected chi connectivity index (χ3v) is 7.22. The molecule has 1 aromatic carbocycles. The van der Waals surface area contributed by atoms with Gasteiger partial charge in [0.1, 0.15) is 0 Å². The Kier molecular flexibility index (Phi) is 8.45. The summed E-state index contributed by atoms with van der Waals surface area (Å²) in [5.41, 5.74) is -2.08. The van der Waals surface area contributed by atoms with E-state index in [9.17, 15) is 23.8 Å². The summed E-state index contributed by atoms with van der Waals surface area (Å²) in [4.78, 5) is 11.3. The molecule has 1 aromatic rings. The zero-order chi connectivity index (χ0) is 22.3. The third-order valence-electron chi connectivity index (χ3n) is 7.22. The van der Waals surface area contributed by atoms with Crippen molar-refractivity contribution in [2.45, 2.75) is 107 Å². The fourth-order valence-electron chi connectivity index (χ4n) is 5.40. The molecule has 4 rings (SSSR count). The van der Waals surface area contributed by atoms with Crippen molar-refractivity contribution in [2.24, 2.45) is 5.92 Å². The number of carboxylic acids is 1. The molecule has 174 valence electrons. The van der Waals surface area contributed by atoms with Crippen LogP contribution in [0.4, 0.5) is 8.78 Å². The van der Waals surface area contributed by atoms with E-state index in [1.165, 1.54) is 76.3 Å². The predicted molar refractivity (Wildman–Crippen MR) is 117 cm³/mol. The summed E-state index contributed by atoms with van der Waals surface area (Å²) in [5.74, 6) is -5.33. The summed E-state index contributed by atoms with van der Waals surface area (Å²) in [5, 5.41) is 23.4. The molecule has 3 N–H and O–H groups in total. The largest absolute Gasteiger partial charge is 0.479 e. The van der Waals surface area contributed by atoms with Crippen LogP contribution in [-0.4, -0.2) is 34.2 Å². The van der Waals surface area contributed by atoms with Crippen LogP contribution in [0.15, 0.2) is 30.3 Å². The van der Waals surface area contributed by atoms with Gasteiger partial charge in [-0.15, -0.1) is 0 Å². The van der Waals surface area contributed by atoms with Gasteiger partial charge in [-0.3, -0.25) is 0 Å². The average molecular weight is 438 g/mol. The Hall–Kier alpha value is -1.53. The van der Waals surface area contributed by atoms with E-state index in [1.54, 1.807) is 18.2 Å². The topological polar surface area (TPSA) is 69.6 Å². The minimum absolute atomic E-state index is 0.00466. The first-order valence-corrected chi connectivity index (χ1v) is 12.0. The van der Waals surface area contributed by atoms with E-state index in [4.69, 9.17) is 0 Å². The van der Waals surface area contributed by atoms with Gasteiger partial charge in [-0.1, -0.05) is 68.9 Å². The molecule has 2 atom stereocenters. The van der Waals surface area contributed by atoms with Crippen molar-refractivity contribution in [2.75, 3.05) is 0 Å². The second-order valence-electron chi connectivity index (χ2n) is 9.57. The standard InChI is InChI=1S/C13H14F2O3.C12H23N/c14-12(15)7-6-10(8-12)13(18,11(16)17)9-4-2-1-3-5-9;1-3-7-11(8-4-1)13-12-9-5-2-6-10-12/h1-5,10,18H,6-8H2,(H,16,17);11-13H,1-10H2.